The van der Waals surface area contributed by atoms with E-state index in [0.29, 0.717) is 5.02 Å². The molecule has 5 nitrogen and oxygen atoms in total. The Labute approximate surface area is 209 Å². The van der Waals surface area contributed by atoms with Crippen LogP contribution in [0.2, 0.25) is 5.02 Å². The molecular formula is C26H38ClN5S. The highest BCUT2D eigenvalue weighted by molar-refractivity contribution is 7.80. The third kappa shape index (κ3) is 9.40. The second-order valence-corrected chi connectivity index (χ2v) is 10.0. The fourth-order valence-corrected chi connectivity index (χ4v) is 3.98. The van der Waals surface area contributed by atoms with Crippen molar-refractivity contribution in [2.45, 2.75) is 63.3 Å². The number of nitrogens with zero attached hydrogens (tertiary/aromatic N) is 2. The summed E-state index contributed by atoms with van der Waals surface area (Å²) in [5.41, 5.74) is 5.46. The molecule has 180 valence electrons. The monoisotopic (exact) mass is 487 g/mol. The van der Waals surface area contributed by atoms with E-state index in [1.165, 1.54) is 39.2 Å². The van der Waals surface area contributed by atoms with Gasteiger partial charge in [-0.15, -0.1) is 12.6 Å². The molecule has 1 aliphatic rings. The number of thiol groups is 1. The minimum Gasteiger partial charge on any atom is -0.365 e. The number of halogens is 1. The summed E-state index contributed by atoms with van der Waals surface area (Å²) in [5.74, 6) is 2.41. The number of fused-ring (bicyclic) bond motifs is 1. The maximum atomic E-state index is 5.63. The SMILES string of the molecule is CC(C)(C)Nc1nc(NCC2CCCCC2)nc2ccccc12.CN.Sc1ccccc1Cl. The number of nitrogens with one attached hydrogen (secondary N) is 2. The first kappa shape index (κ1) is 27.2. The van der Waals surface area contributed by atoms with E-state index in [0.717, 1.165) is 40.0 Å². The number of hydrogen-bond donors (Lipinski definition) is 4. The van der Waals surface area contributed by atoms with Gasteiger partial charge < -0.3 is 16.4 Å². The molecule has 0 atom stereocenters. The molecule has 0 unspecified atom stereocenters. The molecule has 7 heteroatoms. The van der Waals surface area contributed by atoms with E-state index in [2.05, 4.69) is 66.9 Å². The van der Waals surface area contributed by atoms with Crippen molar-refractivity contribution in [3.05, 3.63) is 53.6 Å². The van der Waals surface area contributed by atoms with Crippen LogP contribution in [0.4, 0.5) is 11.8 Å². The Kier molecular flexibility index (Phi) is 11.2. The molecule has 1 aromatic heterocycles. The van der Waals surface area contributed by atoms with Crippen LogP contribution in [0, 0.1) is 5.92 Å². The molecule has 1 fully saturated rings. The number of nitrogens with two attached hydrogens (primary N) is 1. The van der Waals surface area contributed by atoms with Gasteiger partial charge in [0, 0.05) is 22.4 Å². The molecule has 1 heterocycles. The van der Waals surface area contributed by atoms with Gasteiger partial charge in [-0.3, -0.25) is 0 Å². The largest absolute Gasteiger partial charge is 0.365 e. The van der Waals surface area contributed by atoms with Crippen molar-refractivity contribution in [1.82, 2.24) is 9.97 Å². The van der Waals surface area contributed by atoms with E-state index in [4.69, 9.17) is 16.6 Å². The summed E-state index contributed by atoms with van der Waals surface area (Å²) >= 11 is 9.70. The molecule has 1 saturated carbocycles. The van der Waals surface area contributed by atoms with Crippen LogP contribution in [0.3, 0.4) is 0 Å². The molecule has 0 spiro atoms. The number of benzene rings is 2. The van der Waals surface area contributed by atoms with Gasteiger partial charge in [0.05, 0.1) is 10.5 Å². The first-order valence-corrected chi connectivity index (χ1v) is 12.4. The topological polar surface area (TPSA) is 75.9 Å². The van der Waals surface area contributed by atoms with Crippen molar-refractivity contribution in [2.75, 3.05) is 24.2 Å². The predicted molar refractivity (Wildman–Crippen MR) is 147 cm³/mol. The lowest BCUT2D eigenvalue weighted by Gasteiger charge is -2.24. The van der Waals surface area contributed by atoms with Gasteiger partial charge in [-0.05, 0) is 70.8 Å². The van der Waals surface area contributed by atoms with Crippen LogP contribution >= 0.6 is 24.2 Å². The first-order valence-electron chi connectivity index (χ1n) is 11.6. The quantitative estimate of drug-likeness (QED) is 0.297. The summed E-state index contributed by atoms with van der Waals surface area (Å²) in [6.07, 6.45) is 6.77. The van der Waals surface area contributed by atoms with Gasteiger partial charge in [-0.1, -0.05) is 55.1 Å². The predicted octanol–water partition coefficient (Wildman–Crippen LogP) is 7.04. The van der Waals surface area contributed by atoms with Crippen LogP contribution in [-0.2, 0) is 0 Å². The van der Waals surface area contributed by atoms with Crippen LogP contribution in [0.1, 0.15) is 52.9 Å². The van der Waals surface area contributed by atoms with Crippen LogP contribution in [0.15, 0.2) is 53.4 Å². The van der Waals surface area contributed by atoms with Gasteiger partial charge in [0.1, 0.15) is 5.82 Å². The van der Waals surface area contributed by atoms with E-state index >= 15 is 0 Å². The zero-order valence-corrected chi connectivity index (χ0v) is 21.9. The zero-order chi connectivity index (χ0) is 24.3. The minimum atomic E-state index is -0.0300. The van der Waals surface area contributed by atoms with Crippen molar-refractivity contribution in [3.8, 4) is 0 Å². The fourth-order valence-electron chi connectivity index (χ4n) is 3.68. The highest BCUT2D eigenvalue weighted by atomic mass is 35.5. The van der Waals surface area contributed by atoms with Gasteiger partial charge >= 0.3 is 0 Å². The third-order valence-electron chi connectivity index (χ3n) is 5.22. The van der Waals surface area contributed by atoms with Gasteiger partial charge in [-0.25, -0.2) is 4.98 Å². The summed E-state index contributed by atoms with van der Waals surface area (Å²) in [7, 11) is 1.50. The highest BCUT2D eigenvalue weighted by Crippen LogP contribution is 2.26. The Morgan fingerprint density at radius 3 is 2.21 bits per heavy atom. The number of aromatic nitrogens is 2. The fraction of sp³-hybridized carbons (Fsp3) is 0.462. The summed E-state index contributed by atoms with van der Waals surface area (Å²) in [6.45, 7) is 7.43. The van der Waals surface area contributed by atoms with E-state index < -0.39 is 0 Å². The Hall–Kier alpha value is -2.02. The smallest absolute Gasteiger partial charge is 0.225 e. The molecule has 4 rings (SSSR count). The summed E-state index contributed by atoms with van der Waals surface area (Å²) in [4.78, 5) is 10.3. The number of hydrogen-bond acceptors (Lipinski definition) is 6. The van der Waals surface area contributed by atoms with Crippen LogP contribution in [-0.4, -0.2) is 29.1 Å². The molecule has 0 bridgehead atoms. The van der Waals surface area contributed by atoms with Crippen LogP contribution in [0.5, 0.6) is 0 Å². The maximum Gasteiger partial charge on any atom is 0.225 e. The van der Waals surface area contributed by atoms with E-state index in [1.807, 2.05) is 36.4 Å². The van der Waals surface area contributed by atoms with Gasteiger partial charge in [-0.2, -0.15) is 4.98 Å². The van der Waals surface area contributed by atoms with Crippen molar-refractivity contribution < 1.29 is 0 Å². The first-order chi connectivity index (χ1) is 15.8. The molecule has 4 N–H and O–H groups in total. The van der Waals surface area contributed by atoms with Crippen LogP contribution in [0.25, 0.3) is 10.9 Å². The van der Waals surface area contributed by atoms with Crippen LogP contribution < -0.4 is 16.4 Å². The molecule has 0 amide bonds. The highest BCUT2D eigenvalue weighted by Gasteiger charge is 2.16. The Balaban J connectivity index is 0.000000323. The third-order valence-corrected chi connectivity index (χ3v) is 6.07. The lowest BCUT2D eigenvalue weighted by molar-refractivity contribution is 0.373. The van der Waals surface area contributed by atoms with Crippen molar-refractivity contribution in [3.63, 3.8) is 0 Å². The summed E-state index contributed by atoms with van der Waals surface area (Å²) < 4.78 is 0. The van der Waals surface area contributed by atoms with E-state index in [-0.39, 0.29) is 5.54 Å². The normalized spacial score (nSPS) is 13.9. The van der Waals surface area contributed by atoms with Crippen molar-refractivity contribution >= 4 is 46.9 Å². The van der Waals surface area contributed by atoms with Gasteiger partial charge in [0.15, 0.2) is 0 Å². The Morgan fingerprint density at radius 2 is 1.61 bits per heavy atom. The molecule has 0 saturated heterocycles. The molecule has 0 radical (unpaired) electrons. The molecule has 0 aliphatic heterocycles. The number of para-hydroxylation sites is 1. The molecule has 33 heavy (non-hydrogen) atoms. The average Bonchev–Trinajstić information content (AvgIpc) is 2.81. The number of anilines is 2. The van der Waals surface area contributed by atoms with Gasteiger partial charge in [0.25, 0.3) is 0 Å². The maximum absolute atomic E-state index is 5.63. The summed E-state index contributed by atoms with van der Waals surface area (Å²) in [6, 6.07) is 15.6. The Bertz CT molecular complexity index is 963. The van der Waals surface area contributed by atoms with Crippen molar-refractivity contribution in [2.24, 2.45) is 11.7 Å². The lowest BCUT2D eigenvalue weighted by Crippen LogP contribution is -2.27. The van der Waals surface area contributed by atoms with E-state index in [9.17, 15) is 0 Å². The number of rotatable bonds is 4. The zero-order valence-electron chi connectivity index (χ0n) is 20.2. The molecule has 3 aromatic rings. The second kappa shape index (κ2) is 13.6. The standard InChI is InChI=1S/C19H28N4.C6H5ClS.CH5N/c1-19(2,3)23-17-15-11-7-8-12-16(15)21-18(22-17)20-13-14-9-5-4-6-10-14;7-5-3-1-2-4-6(5)8;1-2/h7-8,11-12,14H,4-6,9-10,13H2,1-3H3,(H2,20,21,22,23);1-4,8H;2H2,1H3. The average molecular weight is 488 g/mol. The summed E-state index contributed by atoms with van der Waals surface area (Å²) in [5, 5.41) is 8.76. The Morgan fingerprint density at radius 1 is 0.970 bits per heavy atom. The molecule has 1 aliphatic carbocycles. The minimum absolute atomic E-state index is 0.0300. The molecule has 2 aromatic carbocycles. The lowest BCUT2D eigenvalue weighted by atomic mass is 9.89. The van der Waals surface area contributed by atoms with Gasteiger partial charge in [0.2, 0.25) is 5.95 Å². The van der Waals surface area contributed by atoms with E-state index in [1.54, 1.807) is 0 Å². The molecular weight excluding hydrogens is 450 g/mol. The second-order valence-electron chi connectivity index (χ2n) is 9.12. The van der Waals surface area contributed by atoms with Crippen molar-refractivity contribution in [1.29, 1.82) is 0 Å².